The molecule has 174 valence electrons. The zero-order valence-corrected chi connectivity index (χ0v) is 21.5. The Morgan fingerprint density at radius 1 is 1.06 bits per heavy atom. The fraction of sp³-hybridized carbons (Fsp3) is 0.440. The standard InChI is InChI=1S/C25H32Cl2N2O2S/c1-5-18(4)28-25(31)23(6-2)29(14-20-21(26)11-8-12-22(20)27)24(30)16-32-15-19-10-7-9-17(3)13-19/h7-13,18,23H,5-6,14-16H2,1-4H3,(H,28,31)/t18-,23+/m1/s1. The SMILES string of the molecule is CC[C@@H](C)NC(=O)[C@H](CC)N(Cc1c(Cl)cccc1Cl)C(=O)CSCc1cccc(C)c1. The molecule has 1 N–H and O–H groups in total. The van der Waals surface area contributed by atoms with Crippen molar-refractivity contribution < 1.29 is 9.59 Å². The van der Waals surface area contributed by atoms with Crippen molar-refractivity contribution in [2.75, 3.05) is 5.75 Å². The second kappa shape index (κ2) is 13.1. The van der Waals surface area contributed by atoms with E-state index in [-0.39, 0.29) is 30.2 Å². The van der Waals surface area contributed by atoms with Gasteiger partial charge in [0.1, 0.15) is 6.04 Å². The number of nitrogens with zero attached hydrogens (tertiary/aromatic N) is 1. The zero-order valence-electron chi connectivity index (χ0n) is 19.2. The van der Waals surface area contributed by atoms with Crippen LogP contribution in [0.4, 0.5) is 0 Å². The van der Waals surface area contributed by atoms with Crippen LogP contribution in [-0.4, -0.2) is 34.6 Å². The Morgan fingerprint density at radius 2 is 1.72 bits per heavy atom. The third kappa shape index (κ3) is 7.72. The Morgan fingerprint density at radius 3 is 2.31 bits per heavy atom. The number of amides is 2. The molecule has 0 saturated heterocycles. The maximum Gasteiger partial charge on any atom is 0.243 e. The van der Waals surface area contributed by atoms with Crippen LogP contribution in [0.3, 0.4) is 0 Å². The summed E-state index contributed by atoms with van der Waals surface area (Å²) in [4.78, 5) is 28.0. The molecule has 4 nitrogen and oxygen atoms in total. The van der Waals surface area contributed by atoms with Crippen LogP contribution in [0.1, 0.15) is 50.3 Å². The Bertz CT molecular complexity index is 902. The molecule has 0 aliphatic heterocycles. The predicted molar refractivity (Wildman–Crippen MR) is 136 cm³/mol. The highest BCUT2D eigenvalue weighted by Gasteiger charge is 2.30. The predicted octanol–water partition coefficient (Wildman–Crippen LogP) is 6.26. The van der Waals surface area contributed by atoms with Gasteiger partial charge in [-0.05, 0) is 44.4 Å². The number of rotatable bonds is 11. The average molecular weight is 496 g/mol. The Kier molecular flexibility index (Phi) is 10.9. The van der Waals surface area contributed by atoms with E-state index in [1.54, 1.807) is 23.1 Å². The highest BCUT2D eigenvalue weighted by molar-refractivity contribution is 7.99. The fourth-order valence-electron chi connectivity index (χ4n) is 3.36. The van der Waals surface area contributed by atoms with Crippen molar-refractivity contribution >= 4 is 46.8 Å². The quantitative estimate of drug-likeness (QED) is 0.401. The maximum absolute atomic E-state index is 13.3. The number of hydrogen-bond acceptors (Lipinski definition) is 3. The van der Waals surface area contributed by atoms with E-state index in [0.717, 1.165) is 12.2 Å². The molecule has 0 heterocycles. The first-order chi connectivity index (χ1) is 15.3. The molecular formula is C25H32Cl2N2O2S. The molecule has 0 bridgehead atoms. The first kappa shape index (κ1) is 26.6. The lowest BCUT2D eigenvalue weighted by Crippen LogP contribution is -2.51. The van der Waals surface area contributed by atoms with Crippen LogP contribution >= 0.6 is 35.0 Å². The van der Waals surface area contributed by atoms with Crippen molar-refractivity contribution in [3.63, 3.8) is 0 Å². The summed E-state index contributed by atoms with van der Waals surface area (Å²) in [6.45, 7) is 8.12. The van der Waals surface area contributed by atoms with E-state index in [2.05, 4.69) is 30.4 Å². The van der Waals surface area contributed by atoms with E-state index in [0.29, 0.717) is 22.0 Å². The van der Waals surface area contributed by atoms with Crippen molar-refractivity contribution in [3.8, 4) is 0 Å². The summed E-state index contributed by atoms with van der Waals surface area (Å²) < 4.78 is 0. The largest absolute Gasteiger partial charge is 0.352 e. The monoisotopic (exact) mass is 494 g/mol. The topological polar surface area (TPSA) is 49.4 Å². The summed E-state index contributed by atoms with van der Waals surface area (Å²) in [6.07, 6.45) is 1.32. The lowest BCUT2D eigenvalue weighted by atomic mass is 10.1. The molecular weight excluding hydrogens is 463 g/mol. The minimum atomic E-state index is -0.594. The van der Waals surface area contributed by atoms with Crippen LogP contribution in [0.2, 0.25) is 10.0 Å². The lowest BCUT2D eigenvalue weighted by Gasteiger charge is -2.32. The minimum absolute atomic E-state index is 0.0353. The molecule has 0 fully saturated rings. The number of hydrogen-bond donors (Lipinski definition) is 1. The highest BCUT2D eigenvalue weighted by Crippen LogP contribution is 2.27. The smallest absolute Gasteiger partial charge is 0.243 e. The van der Waals surface area contributed by atoms with E-state index < -0.39 is 6.04 Å². The molecule has 2 atom stereocenters. The molecule has 0 unspecified atom stereocenters. The number of nitrogens with one attached hydrogen (secondary N) is 1. The summed E-state index contributed by atoms with van der Waals surface area (Å²) in [5.41, 5.74) is 3.02. The van der Waals surface area contributed by atoms with Crippen LogP contribution in [-0.2, 0) is 21.9 Å². The molecule has 0 saturated carbocycles. The van der Waals surface area contributed by atoms with Crippen LogP contribution in [0.5, 0.6) is 0 Å². The molecule has 2 rings (SSSR count). The van der Waals surface area contributed by atoms with Gasteiger partial charge in [-0.25, -0.2) is 0 Å². The van der Waals surface area contributed by atoms with Gasteiger partial charge in [0, 0.05) is 33.9 Å². The molecule has 0 aliphatic carbocycles. The van der Waals surface area contributed by atoms with Crippen molar-refractivity contribution in [1.82, 2.24) is 10.2 Å². The molecule has 2 amide bonds. The van der Waals surface area contributed by atoms with Gasteiger partial charge >= 0.3 is 0 Å². The zero-order chi connectivity index (χ0) is 23.7. The maximum atomic E-state index is 13.3. The van der Waals surface area contributed by atoms with Crippen molar-refractivity contribution in [2.45, 2.75) is 64.9 Å². The van der Waals surface area contributed by atoms with Gasteiger partial charge < -0.3 is 10.2 Å². The van der Waals surface area contributed by atoms with E-state index in [4.69, 9.17) is 23.2 Å². The van der Waals surface area contributed by atoms with Gasteiger partial charge in [0.15, 0.2) is 0 Å². The second-order valence-electron chi connectivity index (χ2n) is 7.95. The Hall–Kier alpha value is -1.69. The summed E-state index contributed by atoms with van der Waals surface area (Å²) in [5, 5.41) is 3.99. The number of thioether (sulfide) groups is 1. The number of carbonyl (C=O) groups is 2. The molecule has 32 heavy (non-hydrogen) atoms. The van der Waals surface area contributed by atoms with Crippen molar-refractivity contribution in [1.29, 1.82) is 0 Å². The second-order valence-corrected chi connectivity index (χ2v) is 9.75. The first-order valence-corrected chi connectivity index (χ1v) is 12.8. The number of aryl methyl sites for hydroxylation is 1. The van der Waals surface area contributed by atoms with E-state index in [9.17, 15) is 9.59 Å². The van der Waals surface area contributed by atoms with E-state index in [1.165, 1.54) is 22.9 Å². The van der Waals surface area contributed by atoms with Gasteiger partial charge in [-0.1, -0.05) is 72.9 Å². The van der Waals surface area contributed by atoms with Gasteiger partial charge in [-0.3, -0.25) is 9.59 Å². The normalized spacial score (nSPS) is 12.8. The molecule has 2 aromatic carbocycles. The molecule has 0 spiro atoms. The Labute approximate surface area is 206 Å². The van der Waals surface area contributed by atoms with E-state index in [1.807, 2.05) is 26.8 Å². The van der Waals surface area contributed by atoms with Gasteiger partial charge in [-0.2, -0.15) is 0 Å². The lowest BCUT2D eigenvalue weighted by molar-refractivity contribution is -0.139. The third-order valence-electron chi connectivity index (χ3n) is 5.35. The highest BCUT2D eigenvalue weighted by atomic mass is 35.5. The van der Waals surface area contributed by atoms with Gasteiger partial charge in [0.05, 0.1) is 5.75 Å². The summed E-state index contributed by atoms with van der Waals surface area (Å²) in [5.74, 6) is 0.736. The van der Waals surface area contributed by atoms with Crippen molar-refractivity contribution in [2.24, 2.45) is 0 Å². The van der Waals surface area contributed by atoms with Gasteiger partial charge in [0.25, 0.3) is 0 Å². The number of halogens is 2. The molecule has 0 radical (unpaired) electrons. The van der Waals surface area contributed by atoms with Gasteiger partial charge in [0.2, 0.25) is 11.8 Å². The van der Waals surface area contributed by atoms with Gasteiger partial charge in [-0.15, -0.1) is 11.8 Å². The van der Waals surface area contributed by atoms with Crippen molar-refractivity contribution in [3.05, 3.63) is 69.2 Å². The molecule has 0 aliphatic rings. The summed E-state index contributed by atoms with van der Waals surface area (Å²) in [6, 6.07) is 13.0. The van der Waals surface area contributed by atoms with Crippen LogP contribution < -0.4 is 5.32 Å². The van der Waals surface area contributed by atoms with Crippen LogP contribution in [0, 0.1) is 6.92 Å². The summed E-state index contributed by atoms with van der Waals surface area (Å²) >= 11 is 14.3. The first-order valence-electron chi connectivity index (χ1n) is 10.9. The summed E-state index contributed by atoms with van der Waals surface area (Å²) in [7, 11) is 0. The average Bonchev–Trinajstić information content (AvgIpc) is 2.75. The number of benzene rings is 2. The third-order valence-corrected chi connectivity index (χ3v) is 7.05. The number of carbonyl (C=O) groups excluding carboxylic acids is 2. The molecule has 2 aromatic rings. The Balaban J connectivity index is 2.21. The van der Waals surface area contributed by atoms with E-state index >= 15 is 0 Å². The molecule has 7 heteroatoms. The minimum Gasteiger partial charge on any atom is -0.352 e. The van der Waals surface area contributed by atoms with Crippen LogP contribution in [0.15, 0.2) is 42.5 Å². The molecule has 0 aromatic heterocycles. The van der Waals surface area contributed by atoms with Crippen LogP contribution in [0.25, 0.3) is 0 Å². The fourth-order valence-corrected chi connectivity index (χ4v) is 4.73.